The monoisotopic (exact) mass is 158 g/mol. The zero-order valence-corrected chi connectivity index (χ0v) is 8.49. The molecule has 0 aliphatic rings. The molecule has 0 bridgehead atoms. The normalized spacial score (nSPS) is 16.9. The molecular weight excluding hydrogens is 136 g/mol. The molecule has 0 aliphatic carbocycles. The molecule has 0 heterocycles. The van der Waals surface area contributed by atoms with E-state index in [1.165, 1.54) is 0 Å². The Balaban J connectivity index is 3.69. The van der Waals surface area contributed by atoms with E-state index in [2.05, 4.69) is 38.3 Å². The lowest BCUT2D eigenvalue weighted by Gasteiger charge is -2.29. The lowest BCUT2D eigenvalue weighted by molar-refractivity contribution is 0.337. The number of likely N-dealkylation sites (N-methyl/N-ethyl adjacent to an activating group) is 1. The third-order valence-corrected chi connectivity index (χ3v) is 2.28. The third-order valence-electron chi connectivity index (χ3n) is 2.28. The van der Waals surface area contributed by atoms with E-state index in [-0.39, 0.29) is 5.54 Å². The van der Waals surface area contributed by atoms with Crippen LogP contribution in [-0.2, 0) is 0 Å². The Morgan fingerprint density at radius 3 is 2.18 bits per heavy atom. The van der Waals surface area contributed by atoms with Gasteiger partial charge in [0.15, 0.2) is 0 Å². The maximum Gasteiger partial charge on any atom is 0.0272 e. The van der Waals surface area contributed by atoms with Crippen molar-refractivity contribution in [3.8, 4) is 0 Å². The Kier molecular flexibility index (Phi) is 4.69. The minimum atomic E-state index is 0.254. The summed E-state index contributed by atoms with van der Waals surface area (Å²) in [5, 5.41) is 6.75. The third kappa shape index (κ3) is 4.38. The van der Waals surface area contributed by atoms with Gasteiger partial charge >= 0.3 is 0 Å². The summed E-state index contributed by atoms with van der Waals surface area (Å²) in [5.74, 6) is 0. The fourth-order valence-electron chi connectivity index (χ4n) is 0.820. The largest absolute Gasteiger partial charge is 0.313 e. The summed E-state index contributed by atoms with van der Waals surface area (Å²) in [4.78, 5) is 0. The highest BCUT2D eigenvalue weighted by Crippen LogP contribution is 2.06. The molecule has 1 unspecified atom stereocenters. The summed E-state index contributed by atoms with van der Waals surface area (Å²) in [5.41, 5.74) is 0.254. The minimum absolute atomic E-state index is 0.254. The Morgan fingerprint density at radius 1 is 1.36 bits per heavy atom. The molecule has 0 fully saturated rings. The van der Waals surface area contributed by atoms with Gasteiger partial charge in [-0.2, -0.15) is 0 Å². The zero-order valence-electron chi connectivity index (χ0n) is 8.49. The van der Waals surface area contributed by atoms with E-state index < -0.39 is 0 Å². The van der Waals surface area contributed by atoms with Crippen LogP contribution in [0.25, 0.3) is 0 Å². The minimum Gasteiger partial charge on any atom is -0.313 e. The van der Waals surface area contributed by atoms with Crippen molar-refractivity contribution in [2.24, 2.45) is 0 Å². The predicted molar refractivity (Wildman–Crippen MR) is 50.9 cm³/mol. The summed E-state index contributed by atoms with van der Waals surface area (Å²) < 4.78 is 0. The first-order chi connectivity index (χ1) is 5.04. The van der Waals surface area contributed by atoms with Crippen molar-refractivity contribution in [1.29, 1.82) is 0 Å². The van der Waals surface area contributed by atoms with Crippen molar-refractivity contribution in [3.63, 3.8) is 0 Å². The fourth-order valence-corrected chi connectivity index (χ4v) is 0.820. The Hall–Kier alpha value is -0.0800. The van der Waals surface area contributed by atoms with Gasteiger partial charge in [-0.15, -0.1) is 0 Å². The average molecular weight is 158 g/mol. The average Bonchev–Trinajstić information content (AvgIpc) is 2.00. The smallest absolute Gasteiger partial charge is 0.0272 e. The summed E-state index contributed by atoms with van der Waals surface area (Å²) in [6.07, 6.45) is 1.16. The lowest BCUT2D eigenvalue weighted by Crippen LogP contribution is -2.49. The Bertz CT molecular complexity index is 95.7. The van der Waals surface area contributed by atoms with Gasteiger partial charge in [0.25, 0.3) is 0 Å². The Labute approximate surface area is 70.8 Å². The standard InChI is InChI=1S/C9H22N2/c1-6-9(4,10-5)7-11-8(2)3/h8,10-11H,6-7H2,1-5H3. The van der Waals surface area contributed by atoms with Crippen LogP contribution < -0.4 is 10.6 Å². The molecule has 0 aromatic rings. The van der Waals surface area contributed by atoms with Gasteiger partial charge in [0.05, 0.1) is 0 Å². The highest BCUT2D eigenvalue weighted by atomic mass is 15.0. The number of hydrogen-bond acceptors (Lipinski definition) is 2. The van der Waals surface area contributed by atoms with E-state index in [1.54, 1.807) is 0 Å². The van der Waals surface area contributed by atoms with Gasteiger partial charge in [-0.05, 0) is 20.4 Å². The van der Waals surface area contributed by atoms with Crippen molar-refractivity contribution in [3.05, 3.63) is 0 Å². The van der Waals surface area contributed by atoms with Crippen LogP contribution in [0, 0.1) is 0 Å². The Morgan fingerprint density at radius 2 is 1.91 bits per heavy atom. The summed E-state index contributed by atoms with van der Waals surface area (Å²) in [6.45, 7) is 9.83. The van der Waals surface area contributed by atoms with Gasteiger partial charge in [0, 0.05) is 18.1 Å². The molecule has 0 aromatic carbocycles. The van der Waals surface area contributed by atoms with Gasteiger partial charge in [-0.25, -0.2) is 0 Å². The van der Waals surface area contributed by atoms with E-state index in [0.717, 1.165) is 13.0 Å². The quantitative estimate of drug-likeness (QED) is 0.631. The highest BCUT2D eigenvalue weighted by molar-refractivity contribution is 4.82. The van der Waals surface area contributed by atoms with E-state index >= 15 is 0 Å². The van der Waals surface area contributed by atoms with Crippen molar-refractivity contribution in [1.82, 2.24) is 10.6 Å². The molecule has 1 atom stereocenters. The topological polar surface area (TPSA) is 24.1 Å². The zero-order chi connectivity index (χ0) is 8.91. The molecule has 0 aromatic heterocycles. The molecule has 0 saturated heterocycles. The highest BCUT2D eigenvalue weighted by Gasteiger charge is 2.18. The number of hydrogen-bond donors (Lipinski definition) is 2. The molecule has 0 radical (unpaired) electrons. The second kappa shape index (κ2) is 4.73. The van der Waals surface area contributed by atoms with Gasteiger partial charge in [0.1, 0.15) is 0 Å². The SMILES string of the molecule is CCC(C)(CNC(C)C)NC. The van der Waals surface area contributed by atoms with Crippen LogP contribution in [0.15, 0.2) is 0 Å². The van der Waals surface area contributed by atoms with Crippen molar-refractivity contribution < 1.29 is 0 Å². The molecule has 11 heavy (non-hydrogen) atoms. The van der Waals surface area contributed by atoms with Crippen molar-refractivity contribution in [2.45, 2.75) is 45.7 Å². The molecule has 2 nitrogen and oxygen atoms in total. The number of nitrogens with one attached hydrogen (secondary N) is 2. The number of rotatable bonds is 5. The molecular formula is C9H22N2. The van der Waals surface area contributed by atoms with Gasteiger partial charge in [0.2, 0.25) is 0 Å². The first-order valence-electron chi connectivity index (χ1n) is 4.46. The van der Waals surface area contributed by atoms with E-state index in [1.807, 2.05) is 7.05 Å². The molecule has 0 aliphatic heterocycles. The van der Waals surface area contributed by atoms with Crippen LogP contribution in [0.3, 0.4) is 0 Å². The summed E-state index contributed by atoms with van der Waals surface area (Å²) in [7, 11) is 2.02. The van der Waals surface area contributed by atoms with Crippen LogP contribution in [0.5, 0.6) is 0 Å². The maximum atomic E-state index is 3.43. The molecule has 0 spiro atoms. The summed E-state index contributed by atoms with van der Waals surface area (Å²) >= 11 is 0. The van der Waals surface area contributed by atoms with Gasteiger partial charge in [-0.3, -0.25) is 0 Å². The van der Waals surface area contributed by atoms with Crippen molar-refractivity contribution in [2.75, 3.05) is 13.6 Å². The van der Waals surface area contributed by atoms with E-state index in [9.17, 15) is 0 Å². The van der Waals surface area contributed by atoms with Crippen molar-refractivity contribution >= 4 is 0 Å². The lowest BCUT2D eigenvalue weighted by atomic mass is 9.99. The molecule has 2 heteroatoms. The van der Waals surface area contributed by atoms with Crippen LogP contribution >= 0.6 is 0 Å². The van der Waals surface area contributed by atoms with E-state index in [0.29, 0.717) is 6.04 Å². The van der Waals surface area contributed by atoms with Gasteiger partial charge in [-0.1, -0.05) is 20.8 Å². The molecule has 0 amide bonds. The van der Waals surface area contributed by atoms with E-state index in [4.69, 9.17) is 0 Å². The second-order valence-corrected chi connectivity index (χ2v) is 3.70. The van der Waals surface area contributed by atoms with Crippen LogP contribution in [0.2, 0.25) is 0 Å². The molecule has 2 N–H and O–H groups in total. The fraction of sp³-hybridized carbons (Fsp3) is 1.00. The first-order valence-corrected chi connectivity index (χ1v) is 4.46. The van der Waals surface area contributed by atoms with Crippen LogP contribution in [0.1, 0.15) is 34.1 Å². The predicted octanol–water partition coefficient (Wildman–Crippen LogP) is 1.37. The maximum absolute atomic E-state index is 3.43. The summed E-state index contributed by atoms with van der Waals surface area (Å²) in [6, 6.07) is 0.578. The second-order valence-electron chi connectivity index (χ2n) is 3.70. The molecule has 0 rings (SSSR count). The van der Waals surface area contributed by atoms with Crippen LogP contribution in [0.4, 0.5) is 0 Å². The molecule has 0 saturated carbocycles. The van der Waals surface area contributed by atoms with Gasteiger partial charge < -0.3 is 10.6 Å². The molecule has 68 valence electrons. The first kappa shape index (κ1) is 10.9. The van der Waals surface area contributed by atoms with Crippen LogP contribution in [-0.4, -0.2) is 25.2 Å².